The standard InChI is InChI=1S/C19H27NO4/c1-3-15-8-10-17(11-9-15)23-14-19(22)24-13-18(21)20-12-6-5-7-16(20)4-2/h8-11,16H,3-7,12-14H2,1-2H3. The molecule has 1 fully saturated rings. The molecule has 5 heteroatoms. The molecule has 0 aliphatic carbocycles. The maximum atomic E-state index is 12.2. The first-order valence-electron chi connectivity index (χ1n) is 8.80. The van der Waals surface area contributed by atoms with Crippen LogP contribution in [0.5, 0.6) is 5.75 Å². The number of rotatable bonds is 7. The van der Waals surface area contributed by atoms with Gasteiger partial charge in [-0.2, -0.15) is 0 Å². The highest BCUT2D eigenvalue weighted by Gasteiger charge is 2.25. The molecule has 0 radical (unpaired) electrons. The second-order valence-corrected chi connectivity index (χ2v) is 6.09. The van der Waals surface area contributed by atoms with E-state index in [4.69, 9.17) is 9.47 Å². The molecule has 1 aromatic rings. The molecule has 1 saturated heterocycles. The van der Waals surface area contributed by atoms with Crippen LogP contribution >= 0.6 is 0 Å². The SMILES string of the molecule is CCc1ccc(OCC(=O)OCC(=O)N2CCCCC2CC)cc1. The van der Waals surface area contributed by atoms with Gasteiger partial charge in [0.15, 0.2) is 13.2 Å². The molecule has 1 aromatic carbocycles. The highest BCUT2D eigenvalue weighted by Crippen LogP contribution is 2.19. The fourth-order valence-electron chi connectivity index (χ4n) is 2.98. The lowest BCUT2D eigenvalue weighted by molar-refractivity contribution is -0.155. The van der Waals surface area contributed by atoms with Gasteiger partial charge in [0.2, 0.25) is 0 Å². The fraction of sp³-hybridized carbons (Fsp3) is 0.579. The number of hydrogen-bond donors (Lipinski definition) is 0. The number of piperidine rings is 1. The van der Waals surface area contributed by atoms with E-state index >= 15 is 0 Å². The first kappa shape index (κ1) is 18.3. The molecule has 0 aromatic heterocycles. The lowest BCUT2D eigenvalue weighted by Crippen LogP contribution is -2.45. The Balaban J connectivity index is 1.72. The third-order valence-electron chi connectivity index (χ3n) is 4.46. The number of aryl methyl sites for hydroxylation is 1. The van der Waals surface area contributed by atoms with Crippen LogP contribution in [0, 0.1) is 0 Å². The van der Waals surface area contributed by atoms with Crippen LogP contribution in [0.2, 0.25) is 0 Å². The minimum atomic E-state index is -0.520. The molecule has 1 amide bonds. The van der Waals surface area contributed by atoms with Crippen molar-refractivity contribution >= 4 is 11.9 Å². The first-order valence-corrected chi connectivity index (χ1v) is 8.80. The van der Waals surface area contributed by atoms with Crippen molar-refractivity contribution < 1.29 is 19.1 Å². The summed E-state index contributed by atoms with van der Waals surface area (Å²) in [6.07, 6.45) is 5.11. The maximum Gasteiger partial charge on any atom is 0.344 e. The van der Waals surface area contributed by atoms with Gasteiger partial charge in [-0.05, 0) is 49.8 Å². The molecule has 24 heavy (non-hydrogen) atoms. The van der Waals surface area contributed by atoms with E-state index in [0.717, 1.165) is 38.6 Å². The number of esters is 1. The van der Waals surface area contributed by atoms with E-state index in [1.54, 1.807) is 0 Å². The summed E-state index contributed by atoms with van der Waals surface area (Å²) in [6.45, 7) is 4.54. The summed E-state index contributed by atoms with van der Waals surface area (Å²) in [5.74, 6) is -0.00673. The fourth-order valence-corrected chi connectivity index (χ4v) is 2.98. The zero-order chi connectivity index (χ0) is 17.4. The van der Waals surface area contributed by atoms with Gasteiger partial charge in [0, 0.05) is 12.6 Å². The predicted molar refractivity (Wildman–Crippen MR) is 91.9 cm³/mol. The van der Waals surface area contributed by atoms with E-state index in [1.807, 2.05) is 29.2 Å². The van der Waals surface area contributed by atoms with Crippen molar-refractivity contribution in [1.82, 2.24) is 4.90 Å². The van der Waals surface area contributed by atoms with Crippen LogP contribution in [-0.2, 0) is 20.7 Å². The molecule has 2 rings (SSSR count). The molecule has 0 spiro atoms. The molecular weight excluding hydrogens is 306 g/mol. The van der Waals surface area contributed by atoms with E-state index < -0.39 is 5.97 Å². The average molecular weight is 333 g/mol. The van der Waals surface area contributed by atoms with Crippen LogP contribution in [0.15, 0.2) is 24.3 Å². The molecule has 1 aliphatic heterocycles. The highest BCUT2D eigenvalue weighted by molar-refractivity contribution is 5.81. The summed E-state index contributed by atoms with van der Waals surface area (Å²) in [5, 5.41) is 0. The predicted octanol–water partition coefficient (Wildman–Crippen LogP) is 2.96. The average Bonchev–Trinajstić information content (AvgIpc) is 2.64. The van der Waals surface area contributed by atoms with E-state index in [-0.39, 0.29) is 25.2 Å². The Morgan fingerprint density at radius 2 is 1.88 bits per heavy atom. The second-order valence-electron chi connectivity index (χ2n) is 6.09. The van der Waals surface area contributed by atoms with Crippen LogP contribution in [0.4, 0.5) is 0 Å². The lowest BCUT2D eigenvalue weighted by Gasteiger charge is -2.35. The van der Waals surface area contributed by atoms with Crippen LogP contribution in [0.3, 0.4) is 0 Å². The molecule has 1 heterocycles. The van der Waals surface area contributed by atoms with Gasteiger partial charge in [0.1, 0.15) is 5.75 Å². The molecule has 0 N–H and O–H groups in total. The van der Waals surface area contributed by atoms with Crippen molar-refractivity contribution in [2.45, 2.75) is 52.0 Å². The topological polar surface area (TPSA) is 55.8 Å². The van der Waals surface area contributed by atoms with Crippen LogP contribution in [-0.4, -0.2) is 42.6 Å². The molecule has 5 nitrogen and oxygen atoms in total. The van der Waals surface area contributed by atoms with E-state index in [1.165, 1.54) is 5.56 Å². The van der Waals surface area contributed by atoms with Crippen LogP contribution < -0.4 is 4.74 Å². The van der Waals surface area contributed by atoms with Gasteiger partial charge in [-0.15, -0.1) is 0 Å². The summed E-state index contributed by atoms with van der Waals surface area (Å²) in [6, 6.07) is 7.86. The Morgan fingerprint density at radius 1 is 1.12 bits per heavy atom. The number of nitrogens with zero attached hydrogens (tertiary/aromatic N) is 1. The highest BCUT2D eigenvalue weighted by atomic mass is 16.6. The van der Waals surface area contributed by atoms with Gasteiger partial charge in [-0.25, -0.2) is 4.79 Å². The Labute approximate surface area is 143 Å². The number of likely N-dealkylation sites (tertiary alicyclic amines) is 1. The first-order chi connectivity index (χ1) is 11.6. The smallest absolute Gasteiger partial charge is 0.344 e. The molecule has 0 saturated carbocycles. The largest absolute Gasteiger partial charge is 0.482 e. The number of amides is 1. The van der Waals surface area contributed by atoms with Crippen LogP contribution in [0.25, 0.3) is 0 Å². The van der Waals surface area contributed by atoms with E-state index in [0.29, 0.717) is 5.75 Å². The zero-order valence-electron chi connectivity index (χ0n) is 14.6. The quantitative estimate of drug-likeness (QED) is 0.720. The van der Waals surface area contributed by atoms with Crippen molar-refractivity contribution in [3.05, 3.63) is 29.8 Å². The Bertz CT molecular complexity index is 541. The number of benzene rings is 1. The van der Waals surface area contributed by atoms with Gasteiger partial charge in [0.05, 0.1) is 0 Å². The van der Waals surface area contributed by atoms with Gasteiger partial charge < -0.3 is 14.4 Å². The lowest BCUT2D eigenvalue weighted by atomic mass is 10.00. The maximum absolute atomic E-state index is 12.2. The minimum Gasteiger partial charge on any atom is -0.482 e. The van der Waals surface area contributed by atoms with Crippen LogP contribution in [0.1, 0.15) is 45.1 Å². The van der Waals surface area contributed by atoms with E-state index in [9.17, 15) is 9.59 Å². The normalized spacial score (nSPS) is 17.4. The summed E-state index contributed by atoms with van der Waals surface area (Å²) in [4.78, 5) is 25.8. The molecular formula is C19H27NO4. The third kappa shape index (κ3) is 5.25. The van der Waals surface area contributed by atoms with E-state index in [2.05, 4.69) is 13.8 Å². The molecule has 1 aliphatic rings. The van der Waals surface area contributed by atoms with Crippen molar-refractivity contribution in [2.75, 3.05) is 19.8 Å². The number of carbonyl (C=O) groups excluding carboxylic acids is 2. The third-order valence-corrected chi connectivity index (χ3v) is 4.46. The van der Waals surface area contributed by atoms with Gasteiger partial charge in [-0.1, -0.05) is 26.0 Å². The molecule has 1 atom stereocenters. The summed E-state index contributed by atoms with van der Waals surface area (Å²) >= 11 is 0. The molecule has 1 unspecified atom stereocenters. The van der Waals surface area contributed by atoms with Crippen molar-refractivity contribution in [3.63, 3.8) is 0 Å². The molecule has 132 valence electrons. The summed E-state index contributed by atoms with van der Waals surface area (Å²) < 4.78 is 10.4. The minimum absolute atomic E-state index is 0.109. The zero-order valence-corrected chi connectivity index (χ0v) is 14.6. The van der Waals surface area contributed by atoms with Gasteiger partial charge in [-0.3, -0.25) is 4.79 Å². The van der Waals surface area contributed by atoms with Crippen molar-refractivity contribution in [2.24, 2.45) is 0 Å². The monoisotopic (exact) mass is 333 g/mol. The Kier molecular flexibility index (Phi) is 7.09. The van der Waals surface area contributed by atoms with Gasteiger partial charge >= 0.3 is 5.97 Å². The Hall–Kier alpha value is -2.04. The van der Waals surface area contributed by atoms with Gasteiger partial charge in [0.25, 0.3) is 5.91 Å². The molecule has 0 bridgehead atoms. The summed E-state index contributed by atoms with van der Waals surface area (Å²) in [5.41, 5.74) is 1.21. The van der Waals surface area contributed by atoms with Crippen molar-refractivity contribution in [1.29, 1.82) is 0 Å². The summed E-state index contributed by atoms with van der Waals surface area (Å²) in [7, 11) is 0. The Morgan fingerprint density at radius 3 is 2.54 bits per heavy atom. The van der Waals surface area contributed by atoms with Crippen molar-refractivity contribution in [3.8, 4) is 5.75 Å². The number of ether oxygens (including phenoxy) is 2. The number of hydrogen-bond acceptors (Lipinski definition) is 4. The second kappa shape index (κ2) is 9.30. The number of carbonyl (C=O) groups is 2.